The first kappa shape index (κ1) is 16.1. The number of aromatic nitrogens is 2. The van der Waals surface area contributed by atoms with Crippen LogP contribution in [0.3, 0.4) is 0 Å². The Kier molecular flexibility index (Phi) is 4.28. The molecule has 3 N–H and O–H groups in total. The van der Waals surface area contributed by atoms with E-state index in [0.29, 0.717) is 12.0 Å². The van der Waals surface area contributed by atoms with E-state index >= 15 is 0 Å². The van der Waals surface area contributed by atoms with Crippen molar-refractivity contribution in [3.05, 3.63) is 64.2 Å². The number of carbonyl (C=O) groups is 1. The van der Waals surface area contributed by atoms with E-state index in [1.165, 1.54) is 16.8 Å². The normalized spacial score (nSPS) is 16.8. The molecule has 24 heavy (non-hydrogen) atoms. The molecule has 7 heteroatoms. The zero-order chi connectivity index (χ0) is 17.2. The molecule has 1 amide bonds. The van der Waals surface area contributed by atoms with Crippen LogP contribution < -0.4 is 11.0 Å². The van der Waals surface area contributed by atoms with Gasteiger partial charge >= 0.3 is 5.69 Å². The third kappa shape index (κ3) is 3.12. The van der Waals surface area contributed by atoms with Gasteiger partial charge in [0.2, 0.25) is 0 Å². The van der Waals surface area contributed by atoms with Crippen LogP contribution in [0.2, 0.25) is 0 Å². The first-order valence-corrected chi connectivity index (χ1v) is 7.46. The molecule has 3 rings (SSSR count). The summed E-state index contributed by atoms with van der Waals surface area (Å²) in [7, 11) is 0. The number of aliphatic hydroxyl groups excluding tert-OH is 2. The van der Waals surface area contributed by atoms with Crippen LogP contribution in [-0.4, -0.2) is 38.9 Å². The lowest BCUT2D eigenvalue weighted by Crippen LogP contribution is -2.22. The Bertz CT molecular complexity index is 838. The molecule has 1 fully saturated rings. The number of nitrogens with one attached hydrogen (secondary N) is 1. The molecule has 0 unspecified atom stereocenters. The molecule has 7 nitrogen and oxygen atoms in total. The van der Waals surface area contributed by atoms with Gasteiger partial charge in [0.05, 0.1) is 13.2 Å². The van der Waals surface area contributed by atoms with Gasteiger partial charge in [-0.3, -0.25) is 9.36 Å². The van der Waals surface area contributed by atoms with Crippen molar-refractivity contribution in [3.63, 3.8) is 0 Å². The van der Waals surface area contributed by atoms with Crippen LogP contribution >= 0.6 is 0 Å². The summed E-state index contributed by atoms with van der Waals surface area (Å²) in [6.07, 6.45) is 3.59. The summed E-state index contributed by atoms with van der Waals surface area (Å²) in [5, 5.41) is 21.1. The fraction of sp³-hybridized carbons (Fsp3) is 0.235. The lowest BCUT2D eigenvalue weighted by Gasteiger charge is -2.06. The molecule has 1 heterocycles. The van der Waals surface area contributed by atoms with Crippen LogP contribution in [0, 0.1) is 5.41 Å². The molecule has 1 aromatic carbocycles. The molecule has 0 bridgehead atoms. The largest absolute Gasteiger partial charge is 0.395 e. The first-order valence-electron chi connectivity index (χ1n) is 7.46. The number of rotatable bonds is 5. The second kappa shape index (κ2) is 6.38. The van der Waals surface area contributed by atoms with E-state index in [0.717, 1.165) is 5.57 Å². The standard InChI is InChI=1S/C17H17N3O4/c21-10-17(11-22)8-13(17)9-20-7-6-14(19-16(20)24)18-15(23)12-4-2-1-3-5-12/h1-7,9,21-22H,8,10-11H2,(H,18,19,23,24)/b13-9+. The van der Waals surface area contributed by atoms with Gasteiger partial charge in [-0.15, -0.1) is 0 Å². The summed E-state index contributed by atoms with van der Waals surface area (Å²) in [5.41, 5.74) is 0.0846. The predicted molar refractivity (Wildman–Crippen MR) is 88.4 cm³/mol. The van der Waals surface area contributed by atoms with Gasteiger partial charge in [0.1, 0.15) is 5.82 Å². The van der Waals surface area contributed by atoms with Crippen LogP contribution in [0.4, 0.5) is 5.82 Å². The first-order chi connectivity index (χ1) is 11.6. The molecule has 0 spiro atoms. The summed E-state index contributed by atoms with van der Waals surface area (Å²) in [6, 6.07) is 10.1. The fourth-order valence-corrected chi connectivity index (χ4v) is 2.39. The number of amides is 1. The Morgan fingerprint density at radius 2 is 1.96 bits per heavy atom. The van der Waals surface area contributed by atoms with Gasteiger partial charge in [0.15, 0.2) is 0 Å². The number of anilines is 1. The maximum atomic E-state index is 12.0. The van der Waals surface area contributed by atoms with Crippen molar-refractivity contribution in [1.82, 2.24) is 9.55 Å². The minimum Gasteiger partial charge on any atom is -0.395 e. The Morgan fingerprint density at radius 1 is 1.25 bits per heavy atom. The molecular formula is C17H17N3O4. The van der Waals surface area contributed by atoms with Crippen LogP contribution in [0.1, 0.15) is 16.8 Å². The topological polar surface area (TPSA) is 104 Å². The van der Waals surface area contributed by atoms with Crippen molar-refractivity contribution < 1.29 is 15.0 Å². The van der Waals surface area contributed by atoms with Gasteiger partial charge in [-0.05, 0) is 30.2 Å². The average molecular weight is 327 g/mol. The highest BCUT2D eigenvalue weighted by atomic mass is 16.3. The minimum absolute atomic E-state index is 0.162. The number of benzene rings is 1. The predicted octanol–water partition coefficient (Wildman–Crippen LogP) is 0.711. The summed E-state index contributed by atoms with van der Waals surface area (Å²) in [4.78, 5) is 27.9. The Labute approximate surface area is 137 Å². The molecule has 1 saturated carbocycles. The second-order valence-corrected chi connectivity index (χ2v) is 5.75. The van der Waals surface area contributed by atoms with E-state index in [4.69, 9.17) is 0 Å². The van der Waals surface area contributed by atoms with E-state index in [1.54, 1.807) is 36.5 Å². The Morgan fingerprint density at radius 3 is 2.54 bits per heavy atom. The maximum absolute atomic E-state index is 12.0. The van der Waals surface area contributed by atoms with Crippen LogP contribution in [-0.2, 0) is 0 Å². The number of nitrogens with zero attached hydrogens (tertiary/aromatic N) is 2. The SMILES string of the molecule is O=C(Nc1ccn(/C=C2\CC2(CO)CO)c(=O)n1)c1ccccc1. The third-order valence-corrected chi connectivity index (χ3v) is 4.09. The quantitative estimate of drug-likeness (QED) is 0.750. The van der Waals surface area contributed by atoms with Gasteiger partial charge < -0.3 is 15.5 Å². The van der Waals surface area contributed by atoms with Gasteiger partial charge in [-0.1, -0.05) is 18.2 Å². The maximum Gasteiger partial charge on any atom is 0.353 e. The van der Waals surface area contributed by atoms with Gasteiger partial charge in [-0.2, -0.15) is 4.98 Å². The number of carbonyl (C=O) groups excluding carboxylic acids is 1. The monoisotopic (exact) mass is 327 g/mol. The van der Waals surface area contributed by atoms with Crippen molar-refractivity contribution >= 4 is 17.9 Å². The van der Waals surface area contributed by atoms with Gasteiger partial charge in [0, 0.05) is 23.4 Å². The molecular weight excluding hydrogens is 310 g/mol. The average Bonchev–Trinajstić information content (AvgIpc) is 3.31. The number of aliphatic hydroxyl groups is 2. The fourth-order valence-electron chi connectivity index (χ4n) is 2.39. The van der Waals surface area contributed by atoms with Crippen molar-refractivity contribution in [2.45, 2.75) is 6.42 Å². The second-order valence-electron chi connectivity index (χ2n) is 5.75. The van der Waals surface area contributed by atoms with Crippen LogP contribution in [0.25, 0.3) is 6.20 Å². The Balaban J connectivity index is 1.76. The number of hydrogen-bond acceptors (Lipinski definition) is 5. The lowest BCUT2D eigenvalue weighted by atomic mass is 10.1. The summed E-state index contributed by atoms with van der Waals surface area (Å²) < 4.78 is 1.26. The van der Waals surface area contributed by atoms with E-state index in [1.807, 2.05) is 0 Å². The van der Waals surface area contributed by atoms with Crippen LogP contribution in [0.15, 0.2) is 53.0 Å². The molecule has 124 valence electrons. The van der Waals surface area contributed by atoms with Crippen molar-refractivity contribution in [3.8, 4) is 0 Å². The third-order valence-electron chi connectivity index (χ3n) is 4.09. The zero-order valence-electron chi connectivity index (χ0n) is 12.8. The summed E-state index contributed by atoms with van der Waals surface area (Å²) >= 11 is 0. The van der Waals surface area contributed by atoms with E-state index < -0.39 is 11.1 Å². The van der Waals surface area contributed by atoms with Gasteiger partial charge in [-0.25, -0.2) is 4.79 Å². The van der Waals surface area contributed by atoms with Crippen LogP contribution in [0.5, 0.6) is 0 Å². The minimum atomic E-state index is -0.625. The molecule has 1 aromatic heterocycles. The molecule has 0 atom stereocenters. The number of hydrogen-bond donors (Lipinski definition) is 3. The molecule has 1 aliphatic carbocycles. The molecule has 1 aliphatic rings. The van der Waals surface area contributed by atoms with Crippen molar-refractivity contribution in [2.24, 2.45) is 5.41 Å². The van der Waals surface area contributed by atoms with Crippen molar-refractivity contribution in [2.75, 3.05) is 18.5 Å². The van der Waals surface area contributed by atoms with E-state index in [-0.39, 0.29) is 24.9 Å². The van der Waals surface area contributed by atoms with Gasteiger partial charge in [0.25, 0.3) is 5.91 Å². The molecule has 0 radical (unpaired) electrons. The lowest BCUT2D eigenvalue weighted by molar-refractivity contribution is 0.102. The van der Waals surface area contributed by atoms with E-state index in [2.05, 4.69) is 10.3 Å². The molecule has 0 saturated heterocycles. The highest BCUT2D eigenvalue weighted by Crippen LogP contribution is 2.51. The molecule has 0 aliphatic heterocycles. The molecule has 2 aromatic rings. The summed E-state index contributed by atoms with van der Waals surface area (Å²) in [5.74, 6) is -0.185. The van der Waals surface area contributed by atoms with Crippen molar-refractivity contribution in [1.29, 1.82) is 0 Å². The van der Waals surface area contributed by atoms with E-state index in [9.17, 15) is 19.8 Å². The summed E-state index contributed by atoms with van der Waals surface area (Å²) in [6.45, 7) is -0.328. The smallest absolute Gasteiger partial charge is 0.353 e. The highest BCUT2D eigenvalue weighted by molar-refractivity contribution is 6.03. The highest BCUT2D eigenvalue weighted by Gasteiger charge is 2.48. The zero-order valence-corrected chi connectivity index (χ0v) is 12.8. The Hall–Kier alpha value is -2.77.